The Hall–Kier alpha value is -1.24. The molecule has 0 spiro atoms. The molecular formula is C18H28N4OS. The van der Waals surface area contributed by atoms with Crippen LogP contribution in [0.3, 0.4) is 0 Å². The molecule has 0 aliphatic carbocycles. The maximum atomic E-state index is 10.7. The largest absolute Gasteiger partial charge is 0.385 e. The molecule has 1 saturated heterocycles. The fourth-order valence-electron chi connectivity index (χ4n) is 3.31. The first-order chi connectivity index (χ1) is 11.3. The van der Waals surface area contributed by atoms with E-state index in [1.165, 1.54) is 9.88 Å². The predicted molar refractivity (Wildman–Crippen MR) is 97.0 cm³/mol. The van der Waals surface area contributed by atoms with Crippen molar-refractivity contribution < 1.29 is 5.11 Å². The van der Waals surface area contributed by atoms with Gasteiger partial charge in [-0.05, 0) is 19.4 Å². The summed E-state index contributed by atoms with van der Waals surface area (Å²) in [4.78, 5) is 12.7. The lowest BCUT2D eigenvalue weighted by Gasteiger charge is -2.34. The number of aromatic nitrogens is 3. The molecule has 2 aromatic rings. The van der Waals surface area contributed by atoms with E-state index in [4.69, 9.17) is 0 Å². The zero-order chi connectivity index (χ0) is 17.3. The van der Waals surface area contributed by atoms with Crippen LogP contribution >= 0.6 is 11.3 Å². The molecule has 0 saturated carbocycles. The summed E-state index contributed by atoms with van der Waals surface area (Å²) in [6, 6.07) is 0. The fourth-order valence-corrected chi connectivity index (χ4v) is 4.33. The molecule has 132 valence electrons. The molecule has 24 heavy (non-hydrogen) atoms. The molecule has 0 amide bonds. The smallest absolute Gasteiger partial charge is 0.137 e. The summed E-state index contributed by atoms with van der Waals surface area (Å²) in [6.45, 7) is 9.54. The minimum Gasteiger partial charge on any atom is -0.385 e. The Bertz CT molecular complexity index is 673. The lowest BCUT2D eigenvalue weighted by Crippen LogP contribution is -2.37. The van der Waals surface area contributed by atoms with Gasteiger partial charge < -0.3 is 9.67 Å². The Morgan fingerprint density at radius 3 is 2.79 bits per heavy atom. The Balaban J connectivity index is 1.63. The van der Waals surface area contributed by atoms with Gasteiger partial charge in [-0.25, -0.2) is 9.97 Å². The van der Waals surface area contributed by atoms with E-state index in [0.29, 0.717) is 0 Å². The number of aliphatic hydroxyl groups is 1. The number of imidazole rings is 1. The van der Waals surface area contributed by atoms with Crippen LogP contribution in [-0.4, -0.2) is 37.6 Å². The number of nitrogens with zero attached hydrogens (tertiary/aromatic N) is 4. The van der Waals surface area contributed by atoms with Crippen molar-refractivity contribution in [2.75, 3.05) is 13.1 Å². The summed E-state index contributed by atoms with van der Waals surface area (Å²) < 4.78 is 1.92. The second-order valence-corrected chi connectivity index (χ2v) is 8.98. The third kappa shape index (κ3) is 3.87. The molecule has 1 N–H and O–H groups in total. The van der Waals surface area contributed by atoms with Crippen molar-refractivity contribution in [2.45, 2.75) is 51.7 Å². The maximum absolute atomic E-state index is 10.7. The third-order valence-corrected chi connectivity index (χ3v) is 6.09. The summed E-state index contributed by atoms with van der Waals surface area (Å²) in [5.41, 5.74) is 0.113. The van der Waals surface area contributed by atoms with Crippen LogP contribution in [0.4, 0.5) is 0 Å². The molecule has 1 fully saturated rings. The average molecular weight is 349 g/mol. The highest BCUT2D eigenvalue weighted by Gasteiger charge is 2.29. The average Bonchev–Trinajstić information content (AvgIpc) is 3.15. The Morgan fingerprint density at radius 1 is 1.38 bits per heavy atom. The van der Waals surface area contributed by atoms with Crippen LogP contribution in [0.5, 0.6) is 0 Å². The van der Waals surface area contributed by atoms with E-state index in [1.54, 1.807) is 6.20 Å². The second kappa shape index (κ2) is 6.94. The van der Waals surface area contributed by atoms with Crippen molar-refractivity contribution in [2.24, 2.45) is 13.0 Å². The third-order valence-electron chi connectivity index (χ3n) is 4.69. The quantitative estimate of drug-likeness (QED) is 0.922. The highest BCUT2D eigenvalue weighted by atomic mass is 32.1. The van der Waals surface area contributed by atoms with E-state index in [9.17, 15) is 5.11 Å². The van der Waals surface area contributed by atoms with Crippen LogP contribution < -0.4 is 0 Å². The standard InChI is InChI=1S/C18H28N4OS/c1-18(2,3)17-20-10-14(24-17)12-22-8-5-6-13(11-22)15(23)16-19-7-9-21(16)4/h7,9-10,13,15,23H,5-6,8,11-12H2,1-4H3. The highest BCUT2D eigenvalue weighted by molar-refractivity contribution is 7.11. The van der Waals surface area contributed by atoms with Gasteiger partial charge in [0, 0.05) is 54.9 Å². The number of hydrogen-bond donors (Lipinski definition) is 1. The van der Waals surface area contributed by atoms with Crippen molar-refractivity contribution in [3.8, 4) is 0 Å². The first-order valence-corrected chi connectivity index (χ1v) is 9.49. The van der Waals surface area contributed by atoms with Gasteiger partial charge in [-0.15, -0.1) is 11.3 Å². The molecule has 2 atom stereocenters. The number of thiazole rings is 1. The normalized spacial score (nSPS) is 21.1. The first-order valence-electron chi connectivity index (χ1n) is 8.67. The van der Waals surface area contributed by atoms with Gasteiger partial charge in [-0.3, -0.25) is 4.90 Å². The van der Waals surface area contributed by atoms with E-state index in [0.717, 1.165) is 38.3 Å². The summed E-state index contributed by atoms with van der Waals surface area (Å²) >= 11 is 1.81. The van der Waals surface area contributed by atoms with Gasteiger partial charge in [0.15, 0.2) is 0 Å². The maximum Gasteiger partial charge on any atom is 0.137 e. The highest BCUT2D eigenvalue weighted by Crippen LogP contribution is 2.31. The van der Waals surface area contributed by atoms with Crippen molar-refractivity contribution >= 4 is 11.3 Å². The van der Waals surface area contributed by atoms with Crippen molar-refractivity contribution in [1.29, 1.82) is 0 Å². The van der Waals surface area contributed by atoms with Crippen LogP contribution in [0.15, 0.2) is 18.6 Å². The Morgan fingerprint density at radius 2 is 2.17 bits per heavy atom. The lowest BCUT2D eigenvalue weighted by molar-refractivity contribution is 0.0408. The van der Waals surface area contributed by atoms with Gasteiger partial charge in [0.05, 0.1) is 5.01 Å². The van der Waals surface area contributed by atoms with Crippen LogP contribution in [0.1, 0.15) is 55.4 Å². The zero-order valence-electron chi connectivity index (χ0n) is 15.1. The second-order valence-electron chi connectivity index (χ2n) is 7.86. The van der Waals surface area contributed by atoms with Gasteiger partial charge in [-0.1, -0.05) is 20.8 Å². The molecule has 0 bridgehead atoms. The minimum atomic E-state index is -0.487. The summed E-state index contributed by atoms with van der Waals surface area (Å²) in [6.07, 6.45) is 7.36. The number of hydrogen-bond acceptors (Lipinski definition) is 5. The SMILES string of the molecule is Cn1ccnc1C(O)C1CCCN(Cc2cnc(C(C)(C)C)s2)C1. The Labute approximate surface area is 148 Å². The summed E-state index contributed by atoms with van der Waals surface area (Å²) in [5.74, 6) is 1.02. The van der Waals surface area contributed by atoms with E-state index in [1.807, 2.05) is 35.3 Å². The molecule has 2 aromatic heterocycles. The molecule has 0 aromatic carbocycles. The van der Waals surface area contributed by atoms with Gasteiger partial charge in [-0.2, -0.15) is 0 Å². The van der Waals surface area contributed by atoms with E-state index >= 15 is 0 Å². The van der Waals surface area contributed by atoms with Gasteiger partial charge in [0.25, 0.3) is 0 Å². The number of aliphatic hydroxyl groups excluding tert-OH is 1. The molecule has 3 heterocycles. The van der Waals surface area contributed by atoms with Crippen molar-refractivity contribution in [1.82, 2.24) is 19.4 Å². The van der Waals surface area contributed by atoms with Gasteiger partial charge in [0.1, 0.15) is 11.9 Å². The van der Waals surface area contributed by atoms with Crippen molar-refractivity contribution in [3.05, 3.63) is 34.3 Å². The molecule has 1 aliphatic heterocycles. The fraction of sp³-hybridized carbons (Fsp3) is 0.667. The van der Waals surface area contributed by atoms with Gasteiger partial charge >= 0.3 is 0 Å². The van der Waals surface area contributed by atoms with E-state index in [2.05, 4.69) is 35.6 Å². The Kier molecular flexibility index (Phi) is 5.08. The molecule has 5 nitrogen and oxygen atoms in total. The monoisotopic (exact) mass is 348 g/mol. The van der Waals surface area contributed by atoms with E-state index < -0.39 is 6.10 Å². The molecule has 2 unspecified atom stereocenters. The number of piperidine rings is 1. The van der Waals surface area contributed by atoms with Crippen LogP contribution in [0.2, 0.25) is 0 Å². The molecular weight excluding hydrogens is 320 g/mol. The summed E-state index contributed by atoms with van der Waals surface area (Å²) in [7, 11) is 1.94. The number of aryl methyl sites for hydroxylation is 1. The zero-order valence-corrected chi connectivity index (χ0v) is 15.9. The molecule has 3 rings (SSSR count). The lowest BCUT2D eigenvalue weighted by atomic mass is 9.92. The van der Waals surface area contributed by atoms with Crippen molar-refractivity contribution in [3.63, 3.8) is 0 Å². The van der Waals surface area contributed by atoms with Crippen LogP contribution in [-0.2, 0) is 19.0 Å². The van der Waals surface area contributed by atoms with Gasteiger partial charge in [0.2, 0.25) is 0 Å². The van der Waals surface area contributed by atoms with E-state index in [-0.39, 0.29) is 11.3 Å². The molecule has 6 heteroatoms. The van der Waals surface area contributed by atoms with Crippen LogP contribution in [0, 0.1) is 5.92 Å². The number of likely N-dealkylation sites (tertiary alicyclic amines) is 1. The predicted octanol–water partition coefficient (Wildman–Crippen LogP) is 3.12. The van der Waals surface area contributed by atoms with Crippen LogP contribution in [0.25, 0.3) is 0 Å². The minimum absolute atomic E-state index is 0.113. The molecule has 0 radical (unpaired) electrons. The topological polar surface area (TPSA) is 54.2 Å². The number of rotatable bonds is 4. The first kappa shape index (κ1) is 17.6. The summed E-state index contributed by atoms with van der Waals surface area (Å²) in [5, 5.41) is 11.9. The molecule has 1 aliphatic rings.